The lowest BCUT2D eigenvalue weighted by atomic mass is 10.1. The molecule has 2 aromatic carbocycles. The summed E-state index contributed by atoms with van der Waals surface area (Å²) in [6.45, 7) is 4.13. The zero-order chi connectivity index (χ0) is 20.8. The van der Waals surface area contributed by atoms with E-state index in [1.807, 2.05) is 44.2 Å². The number of cyclic esters (lactones) is 1. The Morgan fingerprint density at radius 2 is 1.97 bits per heavy atom. The van der Waals surface area contributed by atoms with Crippen molar-refractivity contribution in [3.8, 4) is 11.5 Å². The molecule has 0 unspecified atom stereocenters. The van der Waals surface area contributed by atoms with Gasteiger partial charge in [0.25, 0.3) is 0 Å². The van der Waals surface area contributed by atoms with E-state index >= 15 is 0 Å². The number of aliphatic imine (C=N–C) groups is 1. The molecule has 0 spiro atoms. The molecule has 0 saturated heterocycles. The third-order valence-electron chi connectivity index (χ3n) is 3.95. The molecule has 150 valence electrons. The topological polar surface area (TPSA) is 74.2 Å². The second-order valence-electron chi connectivity index (χ2n) is 6.19. The van der Waals surface area contributed by atoms with E-state index in [-0.39, 0.29) is 17.6 Å². The van der Waals surface area contributed by atoms with E-state index in [4.69, 9.17) is 14.2 Å². The third kappa shape index (κ3) is 5.12. The molecule has 3 rings (SSSR count). The largest absolute Gasteiger partial charge is 0.490 e. The molecule has 1 aliphatic rings. The van der Waals surface area contributed by atoms with Crippen LogP contribution in [-0.2, 0) is 14.3 Å². The molecule has 2 aromatic rings. The minimum Gasteiger partial charge on any atom is -0.490 e. The zero-order valence-electron chi connectivity index (χ0n) is 16.1. The average Bonchev–Trinajstić information content (AvgIpc) is 3.06. The van der Waals surface area contributed by atoms with E-state index in [1.54, 1.807) is 18.2 Å². The number of benzene rings is 2. The van der Waals surface area contributed by atoms with Crippen LogP contribution in [0.4, 0.5) is 0 Å². The fraction of sp³-hybridized carbons (Fsp3) is 0.227. The van der Waals surface area contributed by atoms with E-state index in [2.05, 4.69) is 20.9 Å². The van der Waals surface area contributed by atoms with Gasteiger partial charge in [-0.25, -0.2) is 9.79 Å². The lowest BCUT2D eigenvalue weighted by Crippen LogP contribution is -2.09. The maximum absolute atomic E-state index is 12.2. The summed E-state index contributed by atoms with van der Waals surface area (Å²) in [6, 6.07) is 12.6. The Hall–Kier alpha value is -2.93. The molecule has 0 saturated carbocycles. The molecule has 29 heavy (non-hydrogen) atoms. The van der Waals surface area contributed by atoms with Crippen LogP contribution in [0.15, 0.2) is 57.6 Å². The van der Waals surface area contributed by atoms with Gasteiger partial charge in [0.2, 0.25) is 5.90 Å². The summed E-state index contributed by atoms with van der Waals surface area (Å²) in [5.41, 5.74) is 1.55. The van der Waals surface area contributed by atoms with Crippen molar-refractivity contribution in [2.45, 2.75) is 26.7 Å². The Morgan fingerprint density at radius 1 is 1.21 bits per heavy atom. The Labute approximate surface area is 177 Å². The summed E-state index contributed by atoms with van der Waals surface area (Å²) in [4.78, 5) is 28.4. The van der Waals surface area contributed by atoms with Gasteiger partial charge in [-0.2, -0.15) is 0 Å². The second-order valence-corrected chi connectivity index (χ2v) is 7.04. The lowest BCUT2D eigenvalue weighted by Gasteiger charge is -2.13. The summed E-state index contributed by atoms with van der Waals surface area (Å²) in [7, 11) is 0. The SMILES string of the molecule is CCCC(=O)Oc1c(Br)cc(/C=C2\N=C(c3ccccc3)OC2=O)cc1OCC. The number of nitrogens with zero attached hydrogens (tertiary/aromatic N) is 1. The smallest absolute Gasteiger partial charge is 0.363 e. The van der Waals surface area contributed by atoms with Crippen LogP contribution in [-0.4, -0.2) is 24.4 Å². The fourth-order valence-electron chi connectivity index (χ4n) is 2.67. The van der Waals surface area contributed by atoms with Crippen molar-refractivity contribution in [3.63, 3.8) is 0 Å². The first kappa shape index (κ1) is 20.8. The van der Waals surface area contributed by atoms with E-state index < -0.39 is 5.97 Å². The zero-order valence-corrected chi connectivity index (χ0v) is 17.7. The second kappa shape index (κ2) is 9.52. The van der Waals surface area contributed by atoms with Gasteiger partial charge in [0, 0.05) is 12.0 Å². The van der Waals surface area contributed by atoms with Gasteiger partial charge in [0.1, 0.15) is 0 Å². The highest BCUT2D eigenvalue weighted by Gasteiger charge is 2.24. The molecule has 0 atom stereocenters. The van der Waals surface area contributed by atoms with Crippen LogP contribution in [0.3, 0.4) is 0 Å². The molecule has 0 radical (unpaired) electrons. The van der Waals surface area contributed by atoms with Gasteiger partial charge in [-0.05, 0) is 65.2 Å². The van der Waals surface area contributed by atoms with E-state index in [9.17, 15) is 9.59 Å². The van der Waals surface area contributed by atoms with Crippen LogP contribution in [0.5, 0.6) is 11.5 Å². The predicted octanol–water partition coefficient (Wildman–Crippen LogP) is 4.90. The Balaban J connectivity index is 1.93. The number of halogens is 1. The molecular weight excluding hydrogens is 438 g/mol. The summed E-state index contributed by atoms with van der Waals surface area (Å²) in [5.74, 6) is 0.107. The minimum atomic E-state index is -0.531. The van der Waals surface area contributed by atoms with Crippen molar-refractivity contribution < 1.29 is 23.8 Å². The first-order chi connectivity index (χ1) is 14.0. The van der Waals surface area contributed by atoms with Crippen molar-refractivity contribution in [1.82, 2.24) is 0 Å². The van der Waals surface area contributed by atoms with Crippen LogP contribution in [0.25, 0.3) is 6.08 Å². The molecule has 0 N–H and O–H groups in total. The number of rotatable bonds is 7. The van der Waals surface area contributed by atoms with E-state index in [0.717, 1.165) is 5.56 Å². The molecule has 7 heteroatoms. The molecule has 1 aliphatic heterocycles. The molecule has 0 fully saturated rings. The van der Waals surface area contributed by atoms with Crippen molar-refractivity contribution in [3.05, 3.63) is 63.8 Å². The standard InChI is InChI=1S/C22H20BrNO5/c1-3-8-19(25)28-20-16(23)11-14(13-18(20)27-4-2)12-17-22(26)29-21(24-17)15-9-6-5-7-10-15/h5-7,9-13H,3-4,8H2,1-2H3/b17-12-. The Morgan fingerprint density at radius 3 is 2.66 bits per heavy atom. The number of ether oxygens (including phenoxy) is 3. The van der Waals surface area contributed by atoms with Gasteiger partial charge in [0.05, 0.1) is 11.1 Å². The highest BCUT2D eigenvalue weighted by Crippen LogP contribution is 2.38. The first-order valence-electron chi connectivity index (χ1n) is 9.26. The van der Waals surface area contributed by atoms with E-state index in [1.165, 1.54) is 0 Å². The van der Waals surface area contributed by atoms with Crippen LogP contribution in [0, 0.1) is 0 Å². The van der Waals surface area contributed by atoms with Crippen LogP contribution in [0.1, 0.15) is 37.8 Å². The summed E-state index contributed by atoms with van der Waals surface area (Å²) >= 11 is 3.42. The minimum absolute atomic E-state index is 0.175. The lowest BCUT2D eigenvalue weighted by molar-refractivity contribution is -0.134. The third-order valence-corrected chi connectivity index (χ3v) is 4.54. The number of hydrogen-bond donors (Lipinski definition) is 0. The number of hydrogen-bond acceptors (Lipinski definition) is 6. The first-order valence-corrected chi connectivity index (χ1v) is 10.1. The molecule has 0 aliphatic carbocycles. The molecule has 0 bridgehead atoms. The van der Waals surface area contributed by atoms with Crippen molar-refractivity contribution >= 4 is 39.8 Å². The number of carbonyl (C=O) groups excluding carboxylic acids is 2. The quantitative estimate of drug-likeness (QED) is 0.335. The highest BCUT2D eigenvalue weighted by atomic mass is 79.9. The maximum atomic E-state index is 12.2. The van der Waals surface area contributed by atoms with Crippen LogP contribution < -0.4 is 9.47 Å². The predicted molar refractivity (Wildman–Crippen MR) is 113 cm³/mol. The number of carbonyl (C=O) groups is 2. The fourth-order valence-corrected chi connectivity index (χ4v) is 3.21. The molecule has 1 heterocycles. The van der Waals surface area contributed by atoms with Crippen LogP contribution in [0.2, 0.25) is 0 Å². The van der Waals surface area contributed by atoms with Gasteiger partial charge in [-0.15, -0.1) is 0 Å². The molecule has 0 amide bonds. The molecular formula is C22H20BrNO5. The summed E-state index contributed by atoms with van der Waals surface area (Å²) < 4.78 is 16.9. The number of esters is 2. The monoisotopic (exact) mass is 457 g/mol. The molecule has 0 aromatic heterocycles. The Kier molecular flexibility index (Phi) is 6.82. The van der Waals surface area contributed by atoms with Gasteiger partial charge in [-0.3, -0.25) is 4.79 Å². The summed E-state index contributed by atoms with van der Waals surface area (Å²) in [5, 5.41) is 0. The van der Waals surface area contributed by atoms with E-state index in [0.29, 0.717) is 41.0 Å². The average molecular weight is 458 g/mol. The van der Waals surface area contributed by atoms with Gasteiger partial charge >= 0.3 is 11.9 Å². The normalized spacial score (nSPS) is 14.5. The molecule has 6 nitrogen and oxygen atoms in total. The summed E-state index contributed by atoms with van der Waals surface area (Å²) in [6.07, 6.45) is 2.60. The van der Waals surface area contributed by atoms with Crippen molar-refractivity contribution in [1.29, 1.82) is 0 Å². The van der Waals surface area contributed by atoms with Gasteiger partial charge in [-0.1, -0.05) is 25.1 Å². The highest BCUT2D eigenvalue weighted by molar-refractivity contribution is 9.10. The maximum Gasteiger partial charge on any atom is 0.363 e. The van der Waals surface area contributed by atoms with Gasteiger partial charge < -0.3 is 14.2 Å². The van der Waals surface area contributed by atoms with Crippen molar-refractivity contribution in [2.75, 3.05) is 6.61 Å². The van der Waals surface area contributed by atoms with Crippen LogP contribution >= 0.6 is 15.9 Å². The van der Waals surface area contributed by atoms with Crippen molar-refractivity contribution in [2.24, 2.45) is 4.99 Å². The Bertz CT molecular complexity index is 982. The van der Waals surface area contributed by atoms with Gasteiger partial charge in [0.15, 0.2) is 17.2 Å².